The first kappa shape index (κ1) is 16.1. The largest absolute Gasteiger partial charge is 0.378 e. The highest BCUT2D eigenvalue weighted by atomic mass is 35.5. The van der Waals surface area contributed by atoms with Crippen molar-refractivity contribution < 1.29 is 8.42 Å². The van der Waals surface area contributed by atoms with E-state index in [1.54, 1.807) is 42.5 Å². The van der Waals surface area contributed by atoms with Gasteiger partial charge in [0.15, 0.2) is 9.84 Å². The van der Waals surface area contributed by atoms with Crippen LogP contribution in [0.5, 0.6) is 0 Å². The summed E-state index contributed by atoms with van der Waals surface area (Å²) in [5.41, 5.74) is 1.78. The third-order valence-corrected chi connectivity index (χ3v) is 4.62. The molecular formula is C15H15Cl2NO2S. The summed E-state index contributed by atoms with van der Waals surface area (Å²) in [6, 6.07) is 12.0. The second-order valence-corrected chi connectivity index (χ2v) is 7.75. The Morgan fingerprint density at radius 3 is 2.00 bits per heavy atom. The SMILES string of the molecule is CC(Nc1cc(Cl)cc(Cl)c1)c1ccc(S(C)(=O)=O)cc1. The van der Waals surface area contributed by atoms with E-state index in [1.807, 2.05) is 6.92 Å². The summed E-state index contributed by atoms with van der Waals surface area (Å²) >= 11 is 11.9. The van der Waals surface area contributed by atoms with Crippen molar-refractivity contribution in [3.8, 4) is 0 Å². The van der Waals surface area contributed by atoms with E-state index in [9.17, 15) is 8.42 Å². The Balaban J connectivity index is 2.18. The number of rotatable bonds is 4. The summed E-state index contributed by atoms with van der Waals surface area (Å²) in [5.74, 6) is 0. The number of hydrogen-bond acceptors (Lipinski definition) is 3. The van der Waals surface area contributed by atoms with Crippen LogP contribution in [0.1, 0.15) is 18.5 Å². The van der Waals surface area contributed by atoms with Gasteiger partial charge in [0.1, 0.15) is 0 Å². The molecule has 0 aliphatic rings. The van der Waals surface area contributed by atoms with Crippen molar-refractivity contribution in [3.63, 3.8) is 0 Å². The predicted octanol–water partition coefficient (Wildman–Crippen LogP) is 4.57. The molecule has 21 heavy (non-hydrogen) atoms. The van der Waals surface area contributed by atoms with E-state index in [2.05, 4.69) is 5.32 Å². The highest BCUT2D eigenvalue weighted by Crippen LogP contribution is 2.26. The van der Waals surface area contributed by atoms with Crippen LogP contribution in [0.2, 0.25) is 10.0 Å². The van der Waals surface area contributed by atoms with Crippen molar-refractivity contribution in [1.82, 2.24) is 0 Å². The normalized spacial score (nSPS) is 13.0. The zero-order chi connectivity index (χ0) is 15.6. The van der Waals surface area contributed by atoms with Gasteiger partial charge in [-0.25, -0.2) is 8.42 Å². The number of sulfone groups is 1. The van der Waals surface area contributed by atoms with Crippen molar-refractivity contribution >= 4 is 38.7 Å². The molecule has 2 aromatic carbocycles. The van der Waals surface area contributed by atoms with Gasteiger partial charge in [-0.1, -0.05) is 35.3 Å². The van der Waals surface area contributed by atoms with Gasteiger partial charge in [0.25, 0.3) is 0 Å². The van der Waals surface area contributed by atoms with Gasteiger partial charge in [0.2, 0.25) is 0 Å². The van der Waals surface area contributed by atoms with Gasteiger partial charge in [0.05, 0.1) is 4.90 Å². The maximum Gasteiger partial charge on any atom is 0.175 e. The molecule has 0 bridgehead atoms. The molecule has 0 saturated heterocycles. The number of halogens is 2. The summed E-state index contributed by atoms with van der Waals surface area (Å²) in [5, 5.41) is 4.40. The second-order valence-electron chi connectivity index (χ2n) is 4.87. The first-order valence-electron chi connectivity index (χ1n) is 6.28. The second kappa shape index (κ2) is 6.26. The van der Waals surface area contributed by atoms with Crippen molar-refractivity contribution in [1.29, 1.82) is 0 Å². The monoisotopic (exact) mass is 343 g/mol. The predicted molar refractivity (Wildman–Crippen MR) is 88.1 cm³/mol. The minimum atomic E-state index is -3.17. The molecule has 6 heteroatoms. The fraction of sp³-hybridized carbons (Fsp3) is 0.200. The zero-order valence-electron chi connectivity index (χ0n) is 11.6. The Labute approximate surface area is 134 Å². The van der Waals surface area contributed by atoms with Gasteiger partial charge in [-0.15, -0.1) is 0 Å². The third kappa shape index (κ3) is 4.37. The molecule has 112 valence electrons. The fourth-order valence-corrected chi connectivity index (χ4v) is 3.13. The summed E-state index contributed by atoms with van der Waals surface area (Å²) < 4.78 is 22.9. The van der Waals surface area contributed by atoms with Crippen LogP contribution < -0.4 is 5.32 Å². The minimum absolute atomic E-state index is 0.00635. The molecule has 0 heterocycles. The van der Waals surface area contributed by atoms with Crippen LogP contribution in [0, 0.1) is 0 Å². The van der Waals surface area contributed by atoms with Crippen LogP contribution in [0.25, 0.3) is 0 Å². The summed E-state index contributed by atoms with van der Waals surface area (Å²) in [6.45, 7) is 1.98. The smallest absolute Gasteiger partial charge is 0.175 e. The Morgan fingerprint density at radius 2 is 1.52 bits per heavy atom. The quantitative estimate of drug-likeness (QED) is 0.884. The van der Waals surface area contributed by atoms with Crippen LogP contribution in [0.4, 0.5) is 5.69 Å². The lowest BCUT2D eigenvalue weighted by atomic mass is 10.1. The van der Waals surface area contributed by atoms with Gasteiger partial charge >= 0.3 is 0 Å². The highest BCUT2D eigenvalue weighted by Gasteiger charge is 2.10. The van der Waals surface area contributed by atoms with Crippen LogP contribution in [0.3, 0.4) is 0 Å². The molecule has 1 atom stereocenters. The zero-order valence-corrected chi connectivity index (χ0v) is 13.9. The van der Waals surface area contributed by atoms with Crippen LogP contribution in [0.15, 0.2) is 47.4 Å². The summed E-state index contributed by atoms with van der Waals surface area (Å²) in [4.78, 5) is 0.309. The number of benzene rings is 2. The van der Waals surface area contributed by atoms with Gasteiger partial charge in [-0.05, 0) is 42.8 Å². The molecule has 1 unspecified atom stereocenters. The Bertz CT molecular complexity index is 723. The lowest BCUT2D eigenvalue weighted by Gasteiger charge is -2.16. The van der Waals surface area contributed by atoms with E-state index in [-0.39, 0.29) is 6.04 Å². The molecule has 0 spiro atoms. The van der Waals surface area contributed by atoms with E-state index in [4.69, 9.17) is 23.2 Å². The van der Waals surface area contributed by atoms with Gasteiger partial charge in [0, 0.05) is 28.0 Å². The molecule has 2 aromatic rings. The fourth-order valence-electron chi connectivity index (χ4n) is 1.97. The lowest BCUT2D eigenvalue weighted by molar-refractivity contribution is 0.602. The van der Waals surface area contributed by atoms with Gasteiger partial charge < -0.3 is 5.32 Å². The molecule has 0 radical (unpaired) electrons. The molecule has 0 aromatic heterocycles. The van der Waals surface area contributed by atoms with Gasteiger partial charge in [-0.2, -0.15) is 0 Å². The minimum Gasteiger partial charge on any atom is -0.378 e. The molecule has 0 aliphatic carbocycles. The third-order valence-electron chi connectivity index (χ3n) is 3.05. The highest BCUT2D eigenvalue weighted by molar-refractivity contribution is 7.90. The molecule has 1 N–H and O–H groups in total. The van der Waals surface area contributed by atoms with E-state index in [1.165, 1.54) is 6.26 Å². The van der Waals surface area contributed by atoms with Crippen molar-refractivity contribution in [2.75, 3.05) is 11.6 Å². The van der Waals surface area contributed by atoms with E-state index in [0.717, 1.165) is 11.3 Å². The molecular weight excluding hydrogens is 329 g/mol. The first-order valence-corrected chi connectivity index (χ1v) is 8.93. The molecule has 0 fully saturated rings. The number of hydrogen-bond donors (Lipinski definition) is 1. The Hall–Kier alpha value is -1.23. The average molecular weight is 344 g/mol. The molecule has 0 aliphatic heterocycles. The van der Waals surface area contributed by atoms with Crippen LogP contribution in [-0.4, -0.2) is 14.7 Å². The summed E-state index contributed by atoms with van der Waals surface area (Å²) in [6.07, 6.45) is 1.19. The topological polar surface area (TPSA) is 46.2 Å². The molecule has 0 amide bonds. The van der Waals surface area contributed by atoms with Crippen LogP contribution in [-0.2, 0) is 9.84 Å². The Kier molecular flexibility index (Phi) is 4.81. The number of anilines is 1. The van der Waals surface area contributed by atoms with Crippen molar-refractivity contribution in [3.05, 3.63) is 58.1 Å². The maximum absolute atomic E-state index is 11.4. The maximum atomic E-state index is 11.4. The molecule has 0 saturated carbocycles. The molecule has 3 nitrogen and oxygen atoms in total. The standard InChI is InChI=1S/C15H15Cl2NO2S/c1-10(18-14-8-12(16)7-13(17)9-14)11-3-5-15(6-4-11)21(2,19)20/h3-10,18H,1-2H3. The summed E-state index contributed by atoms with van der Waals surface area (Å²) in [7, 11) is -3.17. The van der Waals surface area contributed by atoms with E-state index < -0.39 is 9.84 Å². The number of nitrogens with one attached hydrogen (secondary N) is 1. The lowest BCUT2D eigenvalue weighted by Crippen LogP contribution is -2.07. The van der Waals surface area contributed by atoms with E-state index >= 15 is 0 Å². The van der Waals surface area contributed by atoms with E-state index in [0.29, 0.717) is 14.9 Å². The first-order chi connectivity index (χ1) is 9.75. The van der Waals surface area contributed by atoms with Gasteiger partial charge in [-0.3, -0.25) is 0 Å². The van der Waals surface area contributed by atoms with Crippen LogP contribution >= 0.6 is 23.2 Å². The van der Waals surface area contributed by atoms with Crippen molar-refractivity contribution in [2.45, 2.75) is 17.9 Å². The molecule has 2 rings (SSSR count). The Morgan fingerprint density at radius 1 is 1.00 bits per heavy atom. The average Bonchev–Trinajstić information content (AvgIpc) is 2.36. The van der Waals surface area contributed by atoms with Crippen molar-refractivity contribution in [2.24, 2.45) is 0 Å².